The number of rotatable bonds is 4. The Hall–Kier alpha value is -1.84. The SMILES string of the molecule is CNCc1c(Cl)cccc1NC(=O)c1ccccc1. The zero-order chi connectivity index (χ0) is 13.7. The minimum absolute atomic E-state index is 0.139. The van der Waals surface area contributed by atoms with Crippen molar-refractivity contribution in [3.05, 3.63) is 64.7 Å². The first kappa shape index (κ1) is 13.6. The van der Waals surface area contributed by atoms with E-state index in [-0.39, 0.29) is 5.91 Å². The highest BCUT2D eigenvalue weighted by molar-refractivity contribution is 6.31. The van der Waals surface area contributed by atoms with Crippen molar-refractivity contribution in [1.29, 1.82) is 0 Å². The molecule has 19 heavy (non-hydrogen) atoms. The minimum atomic E-state index is -0.139. The third-order valence-corrected chi connectivity index (χ3v) is 3.11. The van der Waals surface area contributed by atoms with Crippen LogP contribution >= 0.6 is 11.6 Å². The molecule has 1 amide bonds. The number of anilines is 1. The number of halogens is 1. The van der Waals surface area contributed by atoms with Crippen molar-refractivity contribution in [1.82, 2.24) is 5.32 Å². The maximum absolute atomic E-state index is 12.1. The molecule has 3 nitrogen and oxygen atoms in total. The standard InChI is InChI=1S/C15H15ClN2O/c1-17-10-12-13(16)8-5-9-14(12)18-15(19)11-6-3-2-4-7-11/h2-9,17H,10H2,1H3,(H,18,19). The molecule has 2 N–H and O–H groups in total. The lowest BCUT2D eigenvalue weighted by Crippen LogP contribution is -2.15. The zero-order valence-corrected chi connectivity index (χ0v) is 11.4. The van der Waals surface area contributed by atoms with Crippen LogP contribution in [0.25, 0.3) is 0 Å². The Morgan fingerprint density at radius 3 is 2.53 bits per heavy atom. The molecule has 0 saturated carbocycles. The van der Waals surface area contributed by atoms with Gasteiger partial charge < -0.3 is 10.6 Å². The average molecular weight is 275 g/mol. The molecule has 2 aromatic rings. The smallest absolute Gasteiger partial charge is 0.255 e. The van der Waals surface area contributed by atoms with E-state index in [1.54, 1.807) is 12.1 Å². The summed E-state index contributed by atoms with van der Waals surface area (Å²) >= 11 is 6.15. The summed E-state index contributed by atoms with van der Waals surface area (Å²) < 4.78 is 0. The number of hydrogen-bond donors (Lipinski definition) is 2. The quantitative estimate of drug-likeness (QED) is 0.898. The van der Waals surface area contributed by atoms with E-state index in [0.717, 1.165) is 11.3 Å². The molecule has 0 bridgehead atoms. The molecule has 0 heterocycles. The van der Waals surface area contributed by atoms with Crippen molar-refractivity contribution in [3.63, 3.8) is 0 Å². The number of carbonyl (C=O) groups is 1. The van der Waals surface area contributed by atoms with Crippen LogP contribution in [-0.2, 0) is 6.54 Å². The molecule has 98 valence electrons. The number of hydrogen-bond acceptors (Lipinski definition) is 2. The minimum Gasteiger partial charge on any atom is -0.322 e. The van der Waals surface area contributed by atoms with Crippen LogP contribution < -0.4 is 10.6 Å². The normalized spacial score (nSPS) is 10.2. The molecule has 0 unspecified atom stereocenters. The largest absolute Gasteiger partial charge is 0.322 e. The van der Waals surface area contributed by atoms with E-state index in [2.05, 4.69) is 10.6 Å². The summed E-state index contributed by atoms with van der Waals surface area (Å²) in [6, 6.07) is 14.6. The van der Waals surface area contributed by atoms with Crippen molar-refractivity contribution >= 4 is 23.2 Å². The molecular weight excluding hydrogens is 260 g/mol. The fourth-order valence-corrected chi connectivity index (χ4v) is 2.06. The van der Waals surface area contributed by atoms with Gasteiger partial charge in [-0.05, 0) is 31.3 Å². The molecule has 0 aliphatic carbocycles. The van der Waals surface area contributed by atoms with Crippen LogP contribution in [0.5, 0.6) is 0 Å². The molecule has 0 aromatic heterocycles. The van der Waals surface area contributed by atoms with Gasteiger partial charge in [-0.1, -0.05) is 35.9 Å². The Bertz CT molecular complexity index is 570. The Morgan fingerprint density at radius 2 is 1.84 bits per heavy atom. The number of benzene rings is 2. The molecular formula is C15H15ClN2O. The van der Waals surface area contributed by atoms with Crippen LogP contribution in [0, 0.1) is 0 Å². The molecule has 0 aliphatic rings. The van der Waals surface area contributed by atoms with E-state index >= 15 is 0 Å². The van der Waals surface area contributed by atoms with Gasteiger partial charge in [-0.25, -0.2) is 0 Å². The predicted octanol–water partition coefficient (Wildman–Crippen LogP) is 3.31. The van der Waals surface area contributed by atoms with Crippen molar-refractivity contribution in [2.75, 3.05) is 12.4 Å². The third kappa shape index (κ3) is 3.34. The van der Waals surface area contributed by atoms with Gasteiger partial charge >= 0.3 is 0 Å². The highest BCUT2D eigenvalue weighted by Crippen LogP contribution is 2.24. The lowest BCUT2D eigenvalue weighted by molar-refractivity contribution is 0.102. The van der Waals surface area contributed by atoms with Gasteiger partial charge in [0, 0.05) is 28.4 Å². The molecule has 0 saturated heterocycles. The van der Waals surface area contributed by atoms with E-state index in [9.17, 15) is 4.79 Å². The Morgan fingerprint density at radius 1 is 1.11 bits per heavy atom. The zero-order valence-electron chi connectivity index (χ0n) is 10.6. The summed E-state index contributed by atoms with van der Waals surface area (Å²) in [6.45, 7) is 0.601. The second-order valence-corrected chi connectivity index (χ2v) is 4.52. The summed E-state index contributed by atoms with van der Waals surface area (Å²) in [5.74, 6) is -0.139. The van der Waals surface area contributed by atoms with E-state index in [1.807, 2.05) is 43.4 Å². The highest BCUT2D eigenvalue weighted by Gasteiger charge is 2.10. The monoisotopic (exact) mass is 274 g/mol. The summed E-state index contributed by atoms with van der Waals surface area (Å²) in [6.07, 6.45) is 0. The molecule has 0 fully saturated rings. The molecule has 2 aromatic carbocycles. The van der Waals surface area contributed by atoms with Gasteiger partial charge in [0.2, 0.25) is 0 Å². The van der Waals surface area contributed by atoms with Gasteiger partial charge in [0.25, 0.3) is 5.91 Å². The first-order valence-electron chi connectivity index (χ1n) is 6.00. The summed E-state index contributed by atoms with van der Waals surface area (Å²) in [5.41, 5.74) is 2.24. The molecule has 0 spiro atoms. The van der Waals surface area contributed by atoms with Crippen molar-refractivity contribution in [3.8, 4) is 0 Å². The number of amides is 1. The molecule has 2 rings (SSSR count). The van der Waals surface area contributed by atoms with Crippen LogP contribution in [0.4, 0.5) is 5.69 Å². The Kier molecular flexibility index (Phi) is 4.55. The maximum Gasteiger partial charge on any atom is 0.255 e. The number of carbonyl (C=O) groups excluding carboxylic acids is 1. The van der Waals surface area contributed by atoms with Crippen molar-refractivity contribution < 1.29 is 4.79 Å². The van der Waals surface area contributed by atoms with E-state index < -0.39 is 0 Å². The lowest BCUT2D eigenvalue weighted by atomic mass is 10.1. The van der Waals surface area contributed by atoms with Gasteiger partial charge in [-0.2, -0.15) is 0 Å². The van der Waals surface area contributed by atoms with Crippen LogP contribution in [0.15, 0.2) is 48.5 Å². The van der Waals surface area contributed by atoms with Crippen molar-refractivity contribution in [2.24, 2.45) is 0 Å². The highest BCUT2D eigenvalue weighted by atomic mass is 35.5. The molecule has 0 radical (unpaired) electrons. The fourth-order valence-electron chi connectivity index (χ4n) is 1.82. The summed E-state index contributed by atoms with van der Waals surface area (Å²) in [4.78, 5) is 12.1. The fraction of sp³-hybridized carbons (Fsp3) is 0.133. The second-order valence-electron chi connectivity index (χ2n) is 4.12. The van der Waals surface area contributed by atoms with Crippen LogP contribution in [0.2, 0.25) is 5.02 Å². The van der Waals surface area contributed by atoms with Gasteiger partial charge in [0.1, 0.15) is 0 Å². The van der Waals surface area contributed by atoms with E-state index in [4.69, 9.17) is 11.6 Å². The summed E-state index contributed by atoms with van der Waals surface area (Å²) in [5, 5.41) is 6.57. The Balaban J connectivity index is 2.24. The Labute approximate surface area is 117 Å². The van der Waals surface area contributed by atoms with Crippen molar-refractivity contribution in [2.45, 2.75) is 6.54 Å². The van der Waals surface area contributed by atoms with Gasteiger partial charge in [0.05, 0.1) is 0 Å². The summed E-state index contributed by atoms with van der Waals surface area (Å²) in [7, 11) is 1.84. The topological polar surface area (TPSA) is 41.1 Å². The second kappa shape index (κ2) is 6.36. The van der Waals surface area contributed by atoms with Crippen LogP contribution in [0.1, 0.15) is 15.9 Å². The van der Waals surface area contributed by atoms with Crippen LogP contribution in [-0.4, -0.2) is 13.0 Å². The van der Waals surface area contributed by atoms with Gasteiger partial charge in [0.15, 0.2) is 0 Å². The maximum atomic E-state index is 12.1. The molecule has 0 aliphatic heterocycles. The first-order chi connectivity index (χ1) is 9.22. The molecule has 0 atom stereocenters. The first-order valence-corrected chi connectivity index (χ1v) is 6.38. The van der Waals surface area contributed by atoms with Gasteiger partial charge in [-0.3, -0.25) is 4.79 Å². The van der Waals surface area contributed by atoms with E-state index in [1.165, 1.54) is 0 Å². The van der Waals surface area contributed by atoms with Gasteiger partial charge in [-0.15, -0.1) is 0 Å². The van der Waals surface area contributed by atoms with Crippen LogP contribution in [0.3, 0.4) is 0 Å². The third-order valence-electron chi connectivity index (χ3n) is 2.76. The predicted molar refractivity (Wildman–Crippen MR) is 78.6 cm³/mol. The lowest BCUT2D eigenvalue weighted by Gasteiger charge is -2.12. The average Bonchev–Trinajstić information content (AvgIpc) is 2.43. The van der Waals surface area contributed by atoms with E-state index in [0.29, 0.717) is 17.1 Å². The molecule has 4 heteroatoms. The number of nitrogens with one attached hydrogen (secondary N) is 2.